The molecular weight excluding hydrogens is 297 g/mol. The van der Waals surface area contributed by atoms with Crippen LogP contribution in [0.2, 0.25) is 0 Å². The topological polar surface area (TPSA) is 43.8 Å². The average Bonchev–Trinajstić information content (AvgIpc) is 2.80. The number of aromatic nitrogens is 2. The minimum Gasteiger partial charge on any atom is -0.324 e. The highest BCUT2D eigenvalue weighted by Gasteiger charge is 2.10. The summed E-state index contributed by atoms with van der Waals surface area (Å²) < 4.78 is 15.4. The molecule has 0 saturated carbocycles. The molecule has 1 heterocycles. The molecule has 1 unspecified atom stereocenters. The number of benzene rings is 1. The molecule has 1 aromatic heterocycles. The Morgan fingerprint density at radius 1 is 1.50 bits per heavy atom. The molecule has 0 radical (unpaired) electrons. The van der Waals surface area contributed by atoms with Crippen molar-refractivity contribution < 1.29 is 4.39 Å². The van der Waals surface area contributed by atoms with E-state index in [1.807, 2.05) is 24.0 Å². The Labute approximate surface area is 114 Å². The standard InChI is InChI=1S/C13H15BrFN3/c1-2-18-8-9(7-17-18)5-13(16)10-3-4-12(15)11(14)6-10/h3-4,6-8,13H,2,5,16H2,1H3. The summed E-state index contributed by atoms with van der Waals surface area (Å²) in [5.74, 6) is -0.273. The fourth-order valence-corrected chi connectivity index (χ4v) is 2.20. The van der Waals surface area contributed by atoms with Crippen molar-refractivity contribution in [2.75, 3.05) is 0 Å². The first kappa shape index (κ1) is 13.2. The van der Waals surface area contributed by atoms with Crippen molar-refractivity contribution in [2.24, 2.45) is 5.73 Å². The minimum absolute atomic E-state index is 0.156. The third kappa shape index (κ3) is 2.97. The molecule has 5 heteroatoms. The van der Waals surface area contributed by atoms with Gasteiger partial charge in [-0.1, -0.05) is 6.07 Å². The van der Waals surface area contributed by atoms with Crippen LogP contribution in [0.25, 0.3) is 0 Å². The molecule has 18 heavy (non-hydrogen) atoms. The van der Waals surface area contributed by atoms with Crippen molar-refractivity contribution in [1.82, 2.24) is 9.78 Å². The fraction of sp³-hybridized carbons (Fsp3) is 0.308. The Balaban J connectivity index is 2.11. The number of hydrogen-bond acceptors (Lipinski definition) is 2. The van der Waals surface area contributed by atoms with Crippen LogP contribution in [0.5, 0.6) is 0 Å². The van der Waals surface area contributed by atoms with Crippen LogP contribution in [0.3, 0.4) is 0 Å². The second-order valence-corrected chi connectivity index (χ2v) is 5.04. The van der Waals surface area contributed by atoms with Gasteiger partial charge in [0.25, 0.3) is 0 Å². The number of hydrogen-bond donors (Lipinski definition) is 1. The summed E-state index contributed by atoms with van der Waals surface area (Å²) in [6, 6.07) is 4.71. The zero-order valence-corrected chi connectivity index (χ0v) is 11.7. The van der Waals surface area contributed by atoms with Crippen molar-refractivity contribution in [3.8, 4) is 0 Å². The summed E-state index contributed by atoms with van der Waals surface area (Å²) in [4.78, 5) is 0. The Kier molecular flexibility index (Phi) is 4.14. The van der Waals surface area contributed by atoms with E-state index in [1.165, 1.54) is 6.07 Å². The third-order valence-corrected chi connectivity index (χ3v) is 3.45. The Morgan fingerprint density at radius 3 is 2.89 bits per heavy atom. The van der Waals surface area contributed by atoms with Gasteiger partial charge in [-0.15, -0.1) is 0 Å². The number of halogens is 2. The number of rotatable bonds is 4. The summed E-state index contributed by atoms with van der Waals surface area (Å²) in [5.41, 5.74) is 8.11. The summed E-state index contributed by atoms with van der Waals surface area (Å²) in [6.45, 7) is 2.88. The van der Waals surface area contributed by atoms with Gasteiger partial charge >= 0.3 is 0 Å². The monoisotopic (exact) mass is 311 g/mol. The van der Waals surface area contributed by atoms with E-state index in [-0.39, 0.29) is 11.9 Å². The van der Waals surface area contributed by atoms with Crippen LogP contribution in [-0.2, 0) is 13.0 Å². The van der Waals surface area contributed by atoms with Crippen LogP contribution in [0.4, 0.5) is 4.39 Å². The second-order valence-electron chi connectivity index (χ2n) is 4.19. The lowest BCUT2D eigenvalue weighted by atomic mass is 10.0. The first-order valence-corrected chi connectivity index (χ1v) is 6.61. The zero-order valence-electron chi connectivity index (χ0n) is 10.1. The molecule has 0 spiro atoms. The molecule has 1 atom stereocenters. The highest BCUT2D eigenvalue weighted by molar-refractivity contribution is 9.10. The van der Waals surface area contributed by atoms with Crippen molar-refractivity contribution in [1.29, 1.82) is 0 Å². The molecule has 0 saturated heterocycles. The molecule has 0 amide bonds. The van der Waals surface area contributed by atoms with Gasteiger partial charge < -0.3 is 5.73 Å². The maximum Gasteiger partial charge on any atom is 0.137 e. The first-order chi connectivity index (χ1) is 8.60. The summed E-state index contributed by atoms with van der Waals surface area (Å²) in [5, 5.41) is 4.20. The van der Waals surface area contributed by atoms with E-state index < -0.39 is 0 Å². The van der Waals surface area contributed by atoms with E-state index in [9.17, 15) is 4.39 Å². The quantitative estimate of drug-likeness (QED) is 0.943. The van der Waals surface area contributed by atoms with Crippen molar-refractivity contribution in [3.63, 3.8) is 0 Å². The number of aryl methyl sites for hydroxylation is 1. The van der Waals surface area contributed by atoms with Gasteiger partial charge in [-0.25, -0.2) is 4.39 Å². The molecule has 96 valence electrons. The van der Waals surface area contributed by atoms with Gasteiger partial charge in [0, 0.05) is 18.8 Å². The molecule has 0 bridgehead atoms. The van der Waals surface area contributed by atoms with E-state index in [2.05, 4.69) is 21.0 Å². The predicted octanol–water partition coefficient (Wildman–Crippen LogP) is 3.05. The van der Waals surface area contributed by atoms with Gasteiger partial charge in [-0.2, -0.15) is 5.10 Å². The largest absolute Gasteiger partial charge is 0.324 e. The zero-order chi connectivity index (χ0) is 13.1. The van der Waals surface area contributed by atoms with Gasteiger partial charge in [0.15, 0.2) is 0 Å². The molecule has 1 aromatic carbocycles. The molecule has 0 aliphatic rings. The molecule has 0 aliphatic carbocycles. The van der Waals surface area contributed by atoms with Crippen LogP contribution in [0.15, 0.2) is 35.1 Å². The molecule has 0 aliphatic heterocycles. The smallest absolute Gasteiger partial charge is 0.137 e. The number of nitrogens with two attached hydrogens (primary N) is 1. The lowest BCUT2D eigenvalue weighted by Crippen LogP contribution is -2.13. The fourth-order valence-electron chi connectivity index (χ4n) is 1.80. The van der Waals surface area contributed by atoms with Crippen LogP contribution in [0, 0.1) is 5.82 Å². The van der Waals surface area contributed by atoms with E-state index in [1.54, 1.807) is 12.1 Å². The lowest BCUT2D eigenvalue weighted by molar-refractivity contribution is 0.617. The summed E-state index contributed by atoms with van der Waals surface area (Å²) in [6.07, 6.45) is 4.50. The lowest BCUT2D eigenvalue weighted by Gasteiger charge is -2.11. The van der Waals surface area contributed by atoms with Crippen LogP contribution >= 0.6 is 15.9 Å². The first-order valence-electron chi connectivity index (χ1n) is 5.82. The summed E-state index contributed by atoms with van der Waals surface area (Å²) >= 11 is 3.17. The SMILES string of the molecule is CCn1cc(CC(N)c2ccc(F)c(Br)c2)cn1. The van der Waals surface area contributed by atoms with E-state index in [0.717, 1.165) is 17.7 Å². The third-order valence-electron chi connectivity index (χ3n) is 2.84. The number of nitrogens with zero attached hydrogens (tertiary/aromatic N) is 2. The van der Waals surface area contributed by atoms with Crippen LogP contribution < -0.4 is 5.73 Å². The van der Waals surface area contributed by atoms with Crippen molar-refractivity contribution >= 4 is 15.9 Å². The van der Waals surface area contributed by atoms with Crippen LogP contribution in [0.1, 0.15) is 24.1 Å². The average molecular weight is 312 g/mol. The van der Waals surface area contributed by atoms with Gasteiger partial charge in [-0.3, -0.25) is 4.68 Å². The van der Waals surface area contributed by atoms with E-state index >= 15 is 0 Å². The Morgan fingerprint density at radius 2 is 2.28 bits per heavy atom. The van der Waals surface area contributed by atoms with Gasteiger partial charge in [0.1, 0.15) is 5.82 Å². The maximum atomic E-state index is 13.1. The van der Waals surface area contributed by atoms with E-state index in [4.69, 9.17) is 5.73 Å². The van der Waals surface area contributed by atoms with Gasteiger partial charge in [0.05, 0.1) is 10.7 Å². The molecule has 2 N–H and O–H groups in total. The van der Waals surface area contributed by atoms with Gasteiger partial charge in [-0.05, 0) is 52.5 Å². The van der Waals surface area contributed by atoms with E-state index in [0.29, 0.717) is 10.9 Å². The second kappa shape index (κ2) is 5.63. The molecule has 2 aromatic rings. The highest BCUT2D eigenvalue weighted by atomic mass is 79.9. The molecule has 3 nitrogen and oxygen atoms in total. The Hall–Kier alpha value is -1.20. The predicted molar refractivity (Wildman–Crippen MR) is 72.6 cm³/mol. The Bertz CT molecular complexity index is 539. The molecular formula is C13H15BrFN3. The normalized spacial score (nSPS) is 12.7. The summed E-state index contributed by atoms with van der Waals surface area (Å²) in [7, 11) is 0. The molecule has 0 fully saturated rings. The minimum atomic E-state index is -0.273. The van der Waals surface area contributed by atoms with Crippen molar-refractivity contribution in [2.45, 2.75) is 25.9 Å². The van der Waals surface area contributed by atoms with Gasteiger partial charge in [0.2, 0.25) is 0 Å². The molecule has 2 rings (SSSR count). The van der Waals surface area contributed by atoms with Crippen molar-refractivity contribution in [3.05, 3.63) is 52.0 Å². The maximum absolute atomic E-state index is 13.1. The highest BCUT2D eigenvalue weighted by Crippen LogP contribution is 2.22. The van der Waals surface area contributed by atoms with Crippen LogP contribution in [-0.4, -0.2) is 9.78 Å².